The molecule has 0 radical (unpaired) electrons. The van der Waals surface area contributed by atoms with E-state index in [2.05, 4.69) is 4.74 Å². The van der Waals surface area contributed by atoms with Crippen molar-refractivity contribution in [1.82, 2.24) is 0 Å². The first kappa shape index (κ1) is 13.0. The van der Waals surface area contributed by atoms with Gasteiger partial charge in [-0.15, -0.1) is 0 Å². The van der Waals surface area contributed by atoms with E-state index in [1.165, 1.54) is 7.11 Å². The zero-order chi connectivity index (χ0) is 13.0. The first-order valence-corrected chi connectivity index (χ1v) is 4.64. The highest BCUT2D eigenvalue weighted by Crippen LogP contribution is 2.21. The average Bonchev–Trinajstić information content (AvgIpc) is 2.25. The Kier molecular flexibility index (Phi) is 4.11. The van der Waals surface area contributed by atoms with E-state index in [0.29, 0.717) is 0 Å². The zero-order valence-electron chi connectivity index (χ0n) is 8.92. The molecule has 0 spiro atoms. The van der Waals surface area contributed by atoms with E-state index < -0.39 is 22.8 Å². The van der Waals surface area contributed by atoms with Crippen LogP contribution in [0.1, 0.15) is 5.56 Å². The van der Waals surface area contributed by atoms with Gasteiger partial charge in [-0.05, 0) is 12.1 Å². The minimum Gasteiger partial charge on any atom is -0.479 e. The van der Waals surface area contributed by atoms with E-state index in [-0.39, 0.29) is 17.7 Å². The summed E-state index contributed by atoms with van der Waals surface area (Å²) in [5.41, 5.74) is -0.334. The van der Waals surface area contributed by atoms with Crippen molar-refractivity contribution in [2.24, 2.45) is 0 Å². The molecule has 0 amide bonds. The normalized spacial score (nSPS) is 12.1. The highest BCUT2D eigenvalue weighted by atomic mass is 19.1. The summed E-state index contributed by atoms with van der Waals surface area (Å²) in [6, 6.07) is 2.89. The van der Waals surface area contributed by atoms with Crippen LogP contribution in [0.4, 0.5) is 10.1 Å². The number of ether oxygens (including phenoxy) is 1. The summed E-state index contributed by atoms with van der Waals surface area (Å²) in [5, 5.41) is 19.4. The third kappa shape index (κ3) is 3.22. The number of nitro groups is 1. The quantitative estimate of drug-likeness (QED) is 0.623. The fraction of sp³-hybridized carbons (Fsp3) is 0.300. The zero-order valence-corrected chi connectivity index (χ0v) is 8.92. The number of methoxy groups -OCH3 is 1. The molecule has 7 heteroatoms. The van der Waals surface area contributed by atoms with E-state index in [1.807, 2.05) is 0 Å². The number of carbonyl (C=O) groups is 1. The van der Waals surface area contributed by atoms with Crippen molar-refractivity contribution in [3.05, 3.63) is 39.7 Å². The van der Waals surface area contributed by atoms with Crippen LogP contribution >= 0.6 is 0 Å². The molecule has 6 nitrogen and oxygen atoms in total. The summed E-state index contributed by atoms with van der Waals surface area (Å²) in [6.45, 7) is 0. The lowest BCUT2D eigenvalue weighted by atomic mass is 10.1. The Morgan fingerprint density at radius 2 is 2.29 bits per heavy atom. The van der Waals surface area contributed by atoms with Gasteiger partial charge in [0, 0.05) is 25.2 Å². The molecular formula is C10H10FNO5. The van der Waals surface area contributed by atoms with Gasteiger partial charge >= 0.3 is 5.97 Å². The monoisotopic (exact) mass is 243 g/mol. The van der Waals surface area contributed by atoms with Crippen molar-refractivity contribution in [3.63, 3.8) is 0 Å². The second-order valence-electron chi connectivity index (χ2n) is 3.30. The van der Waals surface area contributed by atoms with E-state index in [9.17, 15) is 19.3 Å². The molecule has 0 fully saturated rings. The fourth-order valence-electron chi connectivity index (χ4n) is 1.37. The minimum absolute atomic E-state index is 0.00995. The van der Waals surface area contributed by atoms with Crippen molar-refractivity contribution in [2.75, 3.05) is 7.11 Å². The Labute approximate surface area is 95.8 Å². The average molecular weight is 243 g/mol. The minimum atomic E-state index is -1.26. The third-order valence-electron chi connectivity index (χ3n) is 2.20. The van der Waals surface area contributed by atoms with Crippen LogP contribution in [-0.2, 0) is 16.0 Å². The first-order valence-electron chi connectivity index (χ1n) is 4.64. The van der Waals surface area contributed by atoms with Crippen molar-refractivity contribution < 1.29 is 24.0 Å². The highest BCUT2D eigenvalue weighted by Gasteiger charge is 2.23. The number of carboxylic acids is 1. The smallest absolute Gasteiger partial charge is 0.333 e. The molecule has 1 atom stereocenters. The van der Waals surface area contributed by atoms with Crippen molar-refractivity contribution in [2.45, 2.75) is 12.5 Å². The lowest BCUT2D eigenvalue weighted by molar-refractivity contribution is -0.385. The second-order valence-corrected chi connectivity index (χ2v) is 3.30. The lowest BCUT2D eigenvalue weighted by Gasteiger charge is -2.10. The van der Waals surface area contributed by atoms with Crippen molar-refractivity contribution >= 4 is 11.7 Å². The van der Waals surface area contributed by atoms with E-state index in [0.717, 1.165) is 18.2 Å². The summed E-state index contributed by atoms with van der Waals surface area (Å²) >= 11 is 0. The summed E-state index contributed by atoms with van der Waals surface area (Å²) < 4.78 is 17.6. The van der Waals surface area contributed by atoms with Gasteiger partial charge in [-0.1, -0.05) is 0 Å². The Morgan fingerprint density at radius 3 is 2.76 bits per heavy atom. The lowest BCUT2D eigenvalue weighted by Crippen LogP contribution is -2.25. The van der Waals surface area contributed by atoms with E-state index >= 15 is 0 Å². The van der Waals surface area contributed by atoms with Crippen LogP contribution in [0.2, 0.25) is 0 Å². The van der Waals surface area contributed by atoms with E-state index in [1.54, 1.807) is 0 Å². The van der Waals surface area contributed by atoms with Gasteiger partial charge in [-0.2, -0.15) is 0 Å². The molecule has 1 aromatic carbocycles. The maximum absolute atomic E-state index is 13.0. The highest BCUT2D eigenvalue weighted by molar-refractivity contribution is 5.73. The van der Waals surface area contributed by atoms with Crippen LogP contribution in [-0.4, -0.2) is 29.2 Å². The number of hydrogen-bond donors (Lipinski definition) is 1. The second kappa shape index (κ2) is 5.35. The standard InChI is InChI=1S/C10H10FNO5/c1-17-9(10(13)14)5-6-4-7(11)2-3-8(6)12(15)16/h2-4,9H,5H2,1H3,(H,13,14). The molecule has 92 valence electrons. The van der Waals surface area contributed by atoms with Crippen LogP contribution in [0.3, 0.4) is 0 Å². The molecule has 0 bridgehead atoms. The first-order chi connectivity index (χ1) is 7.95. The van der Waals surface area contributed by atoms with Crippen molar-refractivity contribution in [3.8, 4) is 0 Å². The van der Waals surface area contributed by atoms with Gasteiger partial charge in [0.05, 0.1) is 4.92 Å². The molecule has 1 N–H and O–H groups in total. The van der Waals surface area contributed by atoms with E-state index in [4.69, 9.17) is 5.11 Å². The number of nitro benzene ring substituents is 1. The van der Waals surface area contributed by atoms with Gasteiger partial charge in [0.25, 0.3) is 5.69 Å². The molecule has 0 saturated heterocycles. The number of aliphatic carboxylic acids is 1. The summed E-state index contributed by atoms with van der Waals surface area (Å²) in [4.78, 5) is 20.7. The third-order valence-corrected chi connectivity index (χ3v) is 2.20. The largest absolute Gasteiger partial charge is 0.479 e. The predicted octanol–water partition coefficient (Wildman–Crippen LogP) is 1.38. The van der Waals surface area contributed by atoms with Crippen LogP contribution in [0.25, 0.3) is 0 Å². The van der Waals surface area contributed by atoms with Gasteiger partial charge < -0.3 is 9.84 Å². The van der Waals surface area contributed by atoms with Crippen molar-refractivity contribution in [1.29, 1.82) is 0 Å². The number of benzene rings is 1. The maximum atomic E-state index is 13.0. The number of halogens is 1. The number of rotatable bonds is 5. The molecule has 1 unspecified atom stereocenters. The van der Waals surface area contributed by atoms with Crippen LogP contribution in [0.15, 0.2) is 18.2 Å². The number of nitrogens with zero attached hydrogens (tertiary/aromatic N) is 1. The van der Waals surface area contributed by atoms with Gasteiger partial charge in [0.15, 0.2) is 6.10 Å². The topological polar surface area (TPSA) is 89.7 Å². The van der Waals surface area contributed by atoms with Crippen LogP contribution in [0, 0.1) is 15.9 Å². The van der Waals surface area contributed by atoms with Crippen LogP contribution < -0.4 is 0 Å². The summed E-state index contributed by atoms with van der Waals surface area (Å²) in [5.74, 6) is -1.92. The number of hydrogen-bond acceptors (Lipinski definition) is 4. The summed E-state index contributed by atoms with van der Waals surface area (Å²) in [7, 11) is 1.17. The molecule has 0 aliphatic carbocycles. The summed E-state index contributed by atoms with van der Waals surface area (Å²) in [6.07, 6.45) is -1.50. The Morgan fingerprint density at radius 1 is 1.65 bits per heavy atom. The molecule has 0 aliphatic heterocycles. The predicted molar refractivity (Wildman–Crippen MR) is 55.2 cm³/mol. The maximum Gasteiger partial charge on any atom is 0.333 e. The molecule has 0 aliphatic rings. The molecule has 0 saturated carbocycles. The van der Waals surface area contributed by atoms with Gasteiger partial charge in [-0.3, -0.25) is 10.1 Å². The molecule has 17 heavy (non-hydrogen) atoms. The number of carboxylic acid groups (broad SMARTS) is 1. The van der Waals surface area contributed by atoms with Gasteiger partial charge in [0.2, 0.25) is 0 Å². The Bertz CT molecular complexity index is 448. The van der Waals surface area contributed by atoms with Gasteiger partial charge in [0.1, 0.15) is 5.82 Å². The van der Waals surface area contributed by atoms with Crippen LogP contribution in [0.5, 0.6) is 0 Å². The Balaban J connectivity index is 3.07. The SMILES string of the molecule is COC(Cc1cc(F)ccc1[N+](=O)[O-])C(=O)O. The molecule has 1 rings (SSSR count). The Hall–Kier alpha value is -2.02. The molecule has 0 heterocycles. The van der Waals surface area contributed by atoms with Gasteiger partial charge in [-0.25, -0.2) is 9.18 Å². The molecular weight excluding hydrogens is 233 g/mol. The molecule has 1 aromatic rings. The molecule has 0 aromatic heterocycles. The fourth-order valence-corrected chi connectivity index (χ4v) is 1.37.